The number of ketones is 1. The van der Waals surface area contributed by atoms with Crippen molar-refractivity contribution in [2.45, 2.75) is 39.2 Å². The van der Waals surface area contributed by atoms with Gasteiger partial charge in [0.15, 0.2) is 0 Å². The van der Waals surface area contributed by atoms with Crippen LogP contribution in [0.25, 0.3) is 0 Å². The van der Waals surface area contributed by atoms with Gasteiger partial charge in [0.25, 0.3) is 0 Å². The molecule has 4 nitrogen and oxygen atoms in total. The fraction of sp³-hybridized carbons (Fsp3) is 0.667. The second kappa shape index (κ2) is 3.68. The Kier molecular flexibility index (Phi) is 2.80. The third kappa shape index (κ3) is 2.14. The SMILES string of the molecule is CC(=O)CC(=O)N1C(=O)CCC1C. The van der Waals surface area contributed by atoms with E-state index < -0.39 is 0 Å². The van der Waals surface area contributed by atoms with Crippen molar-refractivity contribution in [1.29, 1.82) is 0 Å². The highest BCUT2D eigenvalue weighted by Gasteiger charge is 2.32. The van der Waals surface area contributed by atoms with E-state index in [-0.39, 0.29) is 30.1 Å². The van der Waals surface area contributed by atoms with Crippen LogP contribution in [0.15, 0.2) is 0 Å². The number of nitrogens with zero attached hydrogens (tertiary/aromatic N) is 1. The molecule has 13 heavy (non-hydrogen) atoms. The van der Waals surface area contributed by atoms with Crippen molar-refractivity contribution in [2.75, 3.05) is 0 Å². The molecule has 0 N–H and O–H groups in total. The van der Waals surface area contributed by atoms with E-state index >= 15 is 0 Å². The Bertz CT molecular complexity index is 260. The second-order valence-corrected chi connectivity index (χ2v) is 3.42. The zero-order valence-electron chi connectivity index (χ0n) is 7.87. The Morgan fingerprint density at radius 1 is 1.54 bits per heavy atom. The highest BCUT2D eigenvalue weighted by atomic mass is 16.2. The van der Waals surface area contributed by atoms with E-state index in [9.17, 15) is 14.4 Å². The Morgan fingerprint density at radius 2 is 2.15 bits per heavy atom. The van der Waals surface area contributed by atoms with Gasteiger partial charge < -0.3 is 0 Å². The van der Waals surface area contributed by atoms with Crippen molar-refractivity contribution >= 4 is 17.6 Å². The molecule has 0 aromatic rings. The Labute approximate surface area is 76.9 Å². The van der Waals surface area contributed by atoms with Gasteiger partial charge in [-0.05, 0) is 20.3 Å². The van der Waals surface area contributed by atoms with Crippen LogP contribution in [0, 0.1) is 0 Å². The van der Waals surface area contributed by atoms with Crippen molar-refractivity contribution in [2.24, 2.45) is 0 Å². The summed E-state index contributed by atoms with van der Waals surface area (Å²) < 4.78 is 0. The van der Waals surface area contributed by atoms with E-state index in [4.69, 9.17) is 0 Å². The lowest BCUT2D eigenvalue weighted by Gasteiger charge is -2.18. The fourth-order valence-electron chi connectivity index (χ4n) is 1.51. The molecule has 1 atom stereocenters. The molecule has 0 saturated carbocycles. The zero-order valence-corrected chi connectivity index (χ0v) is 7.87. The number of imide groups is 1. The average molecular weight is 183 g/mol. The lowest BCUT2D eigenvalue weighted by Crippen LogP contribution is -2.37. The molecule has 1 heterocycles. The number of rotatable bonds is 2. The minimum absolute atomic E-state index is 0.0423. The molecule has 0 bridgehead atoms. The molecule has 72 valence electrons. The van der Waals surface area contributed by atoms with Crippen molar-refractivity contribution in [3.8, 4) is 0 Å². The van der Waals surface area contributed by atoms with Gasteiger partial charge in [-0.25, -0.2) is 0 Å². The summed E-state index contributed by atoms with van der Waals surface area (Å²) in [4.78, 5) is 34.4. The predicted molar refractivity (Wildman–Crippen MR) is 45.8 cm³/mol. The highest BCUT2D eigenvalue weighted by molar-refractivity contribution is 6.05. The van der Waals surface area contributed by atoms with Crippen LogP contribution >= 0.6 is 0 Å². The third-order valence-electron chi connectivity index (χ3n) is 2.15. The van der Waals surface area contributed by atoms with Crippen LogP contribution in [-0.4, -0.2) is 28.5 Å². The van der Waals surface area contributed by atoms with E-state index in [1.807, 2.05) is 6.92 Å². The lowest BCUT2D eigenvalue weighted by atomic mass is 10.2. The van der Waals surface area contributed by atoms with Gasteiger partial charge in [-0.3, -0.25) is 19.3 Å². The van der Waals surface area contributed by atoms with Crippen LogP contribution in [0.2, 0.25) is 0 Å². The predicted octanol–water partition coefficient (Wildman–Crippen LogP) is 0.503. The number of carbonyl (C=O) groups excluding carboxylic acids is 3. The number of Topliss-reactive ketones (excluding diaryl/α,β-unsaturated/α-hetero) is 1. The molecule has 0 aromatic heterocycles. The minimum Gasteiger partial charge on any atom is -0.299 e. The standard InChI is InChI=1S/C9H13NO3/c1-6-3-4-8(12)10(6)9(13)5-7(2)11/h6H,3-5H2,1-2H3. The van der Waals surface area contributed by atoms with Gasteiger partial charge in [0.2, 0.25) is 11.8 Å². The summed E-state index contributed by atoms with van der Waals surface area (Å²) in [6.07, 6.45) is 0.976. The van der Waals surface area contributed by atoms with E-state index in [1.165, 1.54) is 11.8 Å². The normalized spacial score (nSPS) is 22.2. The van der Waals surface area contributed by atoms with E-state index in [0.29, 0.717) is 12.8 Å². The molecule has 1 aliphatic heterocycles. The topological polar surface area (TPSA) is 54.5 Å². The Morgan fingerprint density at radius 3 is 2.54 bits per heavy atom. The molecule has 1 unspecified atom stereocenters. The molecule has 4 heteroatoms. The summed E-state index contributed by atoms with van der Waals surface area (Å²) in [5, 5.41) is 0. The first-order valence-electron chi connectivity index (χ1n) is 4.36. The molecule has 0 aliphatic carbocycles. The fourth-order valence-corrected chi connectivity index (χ4v) is 1.51. The molecule has 2 amide bonds. The second-order valence-electron chi connectivity index (χ2n) is 3.42. The van der Waals surface area contributed by atoms with Gasteiger partial charge in [0.05, 0.1) is 6.42 Å². The molecule has 1 aliphatic rings. The van der Waals surface area contributed by atoms with Crippen LogP contribution in [-0.2, 0) is 14.4 Å². The molecule has 1 fully saturated rings. The Hall–Kier alpha value is -1.19. The van der Waals surface area contributed by atoms with E-state index in [2.05, 4.69) is 0 Å². The van der Waals surface area contributed by atoms with Crippen LogP contribution in [0.4, 0.5) is 0 Å². The van der Waals surface area contributed by atoms with Crippen molar-refractivity contribution in [3.63, 3.8) is 0 Å². The summed E-state index contributed by atoms with van der Waals surface area (Å²) in [6.45, 7) is 3.17. The number of likely N-dealkylation sites (tertiary alicyclic amines) is 1. The van der Waals surface area contributed by atoms with Gasteiger partial charge in [0.1, 0.15) is 5.78 Å². The lowest BCUT2D eigenvalue weighted by molar-refractivity contribution is -0.144. The molecule has 0 aromatic carbocycles. The maximum Gasteiger partial charge on any atom is 0.236 e. The first kappa shape index (κ1) is 9.89. The smallest absolute Gasteiger partial charge is 0.236 e. The van der Waals surface area contributed by atoms with E-state index in [0.717, 1.165) is 0 Å². The minimum atomic E-state index is -0.359. The van der Waals surface area contributed by atoms with Crippen LogP contribution in [0.3, 0.4) is 0 Å². The highest BCUT2D eigenvalue weighted by Crippen LogP contribution is 2.18. The van der Waals surface area contributed by atoms with Gasteiger partial charge in [-0.1, -0.05) is 0 Å². The largest absolute Gasteiger partial charge is 0.299 e. The zero-order chi connectivity index (χ0) is 10.0. The molecule has 0 radical (unpaired) electrons. The van der Waals surface area contributed by atoms with Crippen LogP contribution in [0.5, 0.6) is 0 Å². The number of hydrogen-bond donors (Lipinski definition) is 0. The van der Waals surface area contributed by atoms with E-state index in [1.54, 1.807) is 0 Å². The monoisotopic (exact) mass is 183 g/mol. The Balaban J connectivity index is 2.64. The average Bonchev–Trinajstić information content (AvgIpc) is 2.29. The number of hydrogen-bond acceptors (Lipinski definition) is 3. The van der Waals surface area contributed by atoms with Crippen molar-refractivity contribution in [3.05, 3.63) is 0 Å². The van der Waals surface area contributed by atoms with Gasteiger partial charge in [-0.15, -0.1) is 0 Å². The molecule has 1 saturated heterocycles. The molecule has 0 spiro atoms. The quantitative estimate of drug-likeness (QED) is 0.586. The van der Waals surface area contributed by atoms with Crippen LogP contribution < -0.4 is 0 Å². The van der Waals surface area contributed by atoms with Gasteiger partial charge >= 0.3 is 0 Å². The van der Waals surface area contributed by atoms with Crippen LogP contribution in [0.1, 0.15) is 33.1 Å². The molecular formula is C9H13NO3. The van der Waals surface area contributed by atoms with Crippen molar-refractivity contribution < 1.29 is 14.4 Å². The maximum atomic E-state index is 11.4. The third-order valence-corrected chi connectivity index (χ3v) is 2.15. The summed E-state index contributed by atoms with van der Waals surface area (Å²) in [5.41, 5.74) is 0. The molecular weight excluding hydrogens is 170 g/mol. The van der Waals surface area contributed by atoms with Crippen molar-refractivity contribution in [1.82, 2.24) is 4.90 Å². The number of amides is 2. The summed E-state index contributed by atoms with van der Waals surface area (Å²) in [6, 6.07) is -0.0423. The molecule has 1 rings (SSSR count). The first-order valence-corrected chi connectivity index (χ1v) is 4.36. The maximum absolute atomic E-state index is 11.4. The first-order chi connectivity index (χ1) is 6.02. The number of carbonyl (C=O) groups is 3. The summed E-state index contributed by atoms with van der Waals surface area (Å²) in [5.74, 6) is -0.710. The summed E-state index contributed by atoms with van der Waals surface area (Å²) in [7, 11) is 0. The summed E-state index contributed by atoms with van der Waals surface area (Å²) >= 11 is 0. The van der Waals surface area contributed by atoms with Gasteiger partial charge in [-0.2, -0.15) is 0 Å². The van der Waals surface area contributed by atoms with Gasteiger partial charge in [0, 0.05) is 12.5 Å².